The van der Waals surface area contributed by atoms with Crippen LogP contribution in [-0.4, -0.2) is 14.3 Å². The van der Waals surface area contributed by atoms with Gasteiger partial charge in [0, 0.05) is 17.3 Å². The molecule has 1 saturated carbocycles. The fraction of sp³-hybridized carbons (Fsp3) is 0.235. The Morgan fingerprint density at radius 1 is 1.00 bits per heavy atom. The molecule has 0 heterocycles. The third-order valence-electron chi connectivity index (χ3n) is 3.82. The average molecular weight is 384 g/mol. The maximum absolute atomic E-state index is 12.7. The Bertz CT molecular complexity index is 921. The monoisotopic (exact) mass is 384 g/mol. The minimum absolute atomic E-state index is 0.0362. The highest BCUT2D eigenvalue weighted by molar-refractivity contribution is 7.92. The normalized spacial score (nSPS) is 14.7. The lowest BCUT2D eigenvalue weighted by Gasteiger charge is -2.11. The Hall–Kier alpha value is -2.55. The molecule has 26 heavy (non-hydrogen) atoms. The van der Waals surface area contributed by atoms with E-state index in [-0.39, 0.29) is 17.5 Å². The fourth-order valence-electron chi connectivity index (χ4n) is 2.27. The van der Waals surface area contributed by atoms with E-state index in [0.717, 1.165) is 31.0 Å². The molecule has 0 unspecified atom stereocenters. The molecule has 0 bridgehead atoms. The van der Waals surface area contributed by atoms with E-state index in [1.165, 1.54) is 24.3 Å². The van der Waals surface area contributed by atoms with Crippen molar-refractivity contribution in [3.05, 3.63) is 54.1 Å². The summed E-state index contributed by atoms with van der Waals surface area (Å²) in [5.41, 5.74) is -0.353. The molecule has 1 aliphatic rings. The zero-order chi connectivity index (χ0) is 18.9. The van der Waals surface area contributed by atoms with E-state index in [2.05, 4.69) is 10.0 Å². The van der Waals surface area contributed by atoms with E-state index in [0.29, 0.717) is 11.8 Å². The number of nitrogens with one attached hydrogen (secondary N) is 2. The number of halogens is 3. The molecule has 1 aliphatic carbocycles. The molecule has 2 N–H and O–H groups in total. The molecule has 0 saturated heterocycles. The Labute approximate surface area is 148 Å². The van der Waals surface area contributed by atoms with Gasteiger partial charge in [-0.1, -0.05) is 6.07 Å². The SMILES string of the molecule is O=C(Nc1ccc(NS(=O)(=O)c2cccc(C(F)(F)F)c2)cc1)C1CC1. The van der Waals surface area contributed by atoms with Crippen molar-refractivity contribution in [2.45, 2.75) is 23.9 Å². The first kappa shape index (κ1) is 18.2. The first-order valence-electron chi connectivity index (χ1n) is 7.76. The van der Waals surface area contributed by atoms with Gasteiger partial charge in [-0.15, -0.1) is 0 Å². The molecule has 9 heteroatoms. The summed E-state index contributed by atoms with van der Waals surface area (Å²) in [6.07, 6.45) is -2.91. The number of hydrogen-bond donors (Lipinski definition) is 2. The maximum atomic E-state index is 12.7. The predicted molar refractivity (Wildman–Crippen MR) is 90.0 cm³/mol. The van der Waals surface area contributed by atoms with Gasteiger partial charge >= 0.3 is 6.18 Å². The van der Waals surface area contributed by atoms with E-state index in [9.17, 15) is 26.4 Å². The maximum Gasteiger partial charge on any atom is 0.416 e. The van der Waals surface area contributed by atoms with Crippen LogP contribution in [0.4, 0.5) is 24.5 Å². The van der Waals surface area contributed by atoms with E-state index in [1.807, 2.05) is 0 Å². The van der Waals surface area contributed by atoms with Crippen molar-refractivity contribution in [2.75, 3.05) is 10.0 Å². The van der Waals surface area contributed by atoms with Gasteiger partial charge in [-0.2, -0.15) is 13.2 Å². The standard InChI is InChI=1S/C17H15F3N2O3S/c18-17(19,20)12-2-1-3-15(10-12)26(24,25)22-14-8-6-13(7-9-14)21-16(23)11-4-5-11/h1-3,6-11,22H,4-5H2,(H,21,23). The van der Waals surface area contributed by atoms with Crippen LogP contribution in [0.1, 0.15) is 18.4 Å². The molecule has 5 nitrogen and oxygen atoms in total. The van der Waals surface area contributed by atoms with Crippen LogP contribution >= 0.6 is 0 Å². The second-order valence-corrected chi connectivity index (χ2v) is 7.65. The molecule has 3 rings (SSSR count). The lowest BCUT2D eigenvalue weighted by Crippen LogP contribution is -2.15. The summed E-state index contributed by atoms with van der Waals surface area (Å²) in [4.78, 5) is 11.2. The summed E-state index contributed by atoms with van der Waals surface area (Å²) in [7, 11) is -4.17. The molecule has 0 radical (unpaired) electrons. The van der Waals surface area contributed by atoms with Crippen LogP contribution in [-0.2, 0) is 21.0 Å². The number of benzene rings is 2. The average Bonchev–Trinajstić information content (AvgIpc) is 3.41. The molecule has 2 aromatic rings. The van der Waals surface area contributed by atoms with Crippen LogP contribution in [0.5, 0.6) is 0 Å². The van der Waals surface area contributed by atoms with Gasteiger partial charge in [0.05, 0.1) is 10.5 Å². The number of hydrogen-bond acceptors (Lipinski definition) is 3. The Morgan fingerprint density at radius 3 is 2.19 bits per heavy atom. The predicted octanol–water partition coefficient (Wildman–Crippen LogP) is 3.85. The molecule has 1 amide bonds. The number of amides is 1. The Kier molecular flexibility index (Phi) is 4.66. The third kappa shape index (κ3) is 4.34. The van der Waals surface area contributed by atoms with Gasteiger partial charge in [0.15, 0.2) is 0 Å². The van der Waals surface area contributed by atoms with Crippen molar-refractivity contribution in [2.24, 2.45) is 5.92 Å². The number of sulfonamides is 1. The Balaban J connectivity index is 1.74. The van der Waals surface area contributed by atoms with Crippen LogP contribution in [0.15, 0.2) is 53.4 Å². The zero-order valence-corrected chi connectivity index (χ0v) is 14.2. The first-order chi connectivity index (χ1) is 12.1. The van der Waals surface area contributed by atoms with Crippen molar-refractivity contribution >= 4 is 27.3 Å². The number of carbonyl (C=O) groups is 1. The third-order valence-corrected chi connectivity index (χ3v) is 5.20. The van der Waals surface area contributed by atoms with Crippen LogP contribution in [0.3, 0.4) is 0 Å². The number of rotatable bonds is 5. The van der Waals surface area contributed by atoms with E-state index in [1.54, 1.807) is 0 Å². The molecule has 1 fully saturated rings. The largest absolute Gasteiger partial charge is 0.416 e. The van der Waals surface area contributed by atoms with Crippen LogP contribution in [0.2, 0.25) is 0 Å². The molecular formula is C17H15F3N2O3S. The van der Waals surface area contributed by atoms with Gasteiger partial charge in [-0.05, 0) is 55.3 Å². The summed E-state index contributed by atoms with van der Waals surface area (Å²) in [5, 5.41) is 2.71. The first-order valence-corrected chi connectivity index (χ1v) is 9.24. The van der Waals surface area contributed by atoms with Gasteiger partial charge in [-0.25, -0.2) is 8.42 Å². The fourth-order valence-corrected chi connectivity index (χ4v) is 3.37. The minimum atomic E-state index is -4.63. The summed E-state index contributed by atoms with van der Waals surface area (Å²) in [6.45, 7) is 0. The van der Waals surface area contributed by atoms with Crippen molar-refractivity contribution in [3.8, 4) is 0 Å². The highest BCUT2D eigenvalue weighted by Gasteiger charge is 2.32. The Morgan fingerprint density at radius 2 is 1.62 bits per heavy atom. The van der Waals surface area contributed by atoms with Gasteiger partial charge in [-0.3, -0.25) is 9.52 Å². The molecule has 0 aromatic heterocycles. The van der Waals surface area contributed by atoms with Crippen molar-refractivity contribution < 1.29 is 26.4 Å². The summed E-state index contributed by atoms with van der Waals surface area (Å²) in [6, 6.07) is 9.38. The highest BCUT2D eigenvalue weighted by atomic mass is 32.2. The summed E-state index contributed by atoms with van der Waals surface area (Å²) in [5.74, 6) is -0.0450. The van der Waals surface area contributed by atoms with Crippen molar-refractivity contribution in [1.29, 1.82) is 0 Å². The van der Waals surface area contributed by atoms with E-state index >= 15 is 0 Å². The smallest absolute Gasteiger partial charge is 0.326 e. The van der Waals surface area contributed by atoms with Crippen LogP contribution in [0, 0.1) is 5.92 Å². The van der Waals surface area contributed by atoms with Crippen molar-refractivity contribution in [3.63, 3.8) is 0 Å². The van der Waals surface area contributed by atoms with Crippen molar-refractivity contribution in [1.82, 2.24) is 0 Å². The summed E-state index contributed by atoms with van der Waals surface area (Å²) >= 11 is 0. The lowest BCUT2D eigenvalue weighted by atomic mass is 10.2. The van der Waals surface area contributed by atoms with Gasteiger partial charge in [0.1, 0.15) is 0 Å². The molecular weight excluding hydrogens is 369 g/mol. The molecule has 0 atom stereocenters. The van der Waals surface area contributed by atoms with Crippen LogP contribution < -0.4 is 10.0 Å². The van der Waals surface area contributed by atoms with Gasteiger partial charge in [0.25, 0.3) is 10.0 Å². The highest BCUT2D eigenvalue weighted by Crippen LogP contribution is 2.31. The van der Waals surface area contributed by atoms with Gasteiger partial charge < -0.3 is 5.32 Å². The second kappa shape index (κ2) is 6.64. The minimum Gasteiger partial charge on any atom is -0.326 e. The van der Waals surface area contributed by atoms with Gasteiger partial charge in [0.2, 0.25) is 5.91 Å². The molecule has 2 aromatic carbocycles. The number of carbonyl (C=O) groups excluding carboxylic acids is 1. The van der Waals surface area contributed by atoms with Crippen LogP contribution in [0.25, 0.3) is 0 Å². The molecule has 138 valence electrons. The number of anilines is 2. The number of alkyl halides is 3. The summed E-state index contributed by atoms with van der Waals surface area (Å²) < 4.78 is 65.0. The molecule has 0 aliphatic heterocycles. The lowest BCUT2D eigenvalue weighted by molar-refractivity contribution is -0.137. The van der Waals surface area contributed by atoms with E-state index in [4.69, 9.17) is 0 Å². The molecule has 0 spiro atoms. The zero-order valence-electron chi connectivity index (χ0n) is 13.4. The van der Waals surface area contributed by atoms with E-state index < -0.39 is 26.7 Å². The topological polar surface area (TPSA) is 75.3 Å². The quantitative estimate of drug-likeness (QED) is 0.822. The second-order valence-electron chi connectivity index (χ2n) is 5.97.